The molecule has 1 aliphatic rings. The van der Waals surface area contributed by atoms with Gasteiger partial charge < -0.3 is 9.64 Å². The number of likely N-dealkylation sites (N-methyl/N-ethyl adjacent to an activating group) is 1. The smallest absolute Gasteiger partial charge is 0.338 e. The number of hydrogen-bond donors (Lipinski definition) is 0. The van der Waals surface area contributed by atoms with E-state index in [2.05, 4.69) is 57.6 Å². The fraction of sp³-hybridized carbons (Fsp3) is 0.292. The van der Waals surface area contributed by atoms with Crippen LogP contribution in [0.25, 0.3) is 0 Å². The van der Waals surface area contributed by atoms with Crippen LogP contribution in [0.4, 0.5) is 11.4 Å². The van der Waals surface area contributed by atoms with E-state index in [0.29, 0.717) is 24.4 Å². The number of rotatable bonds is 9. The number of carbonyl (C=O) groups excluding carboxylic acids is 1. The highest BCUT2D eigenvalue weighted by Gasteiger charge is 2.19. The SMILES string of the molecule is CCN(CCOC(=O)c1ccc(I)cc1)C1=CC(C)C(N=Nc2ccc([N+](=O)[O-])cc2)C=C1. The molecule has 172 valence electrons. The molecule has 0 N–H and O–H groups in total. The minimum atomic E-state index is -0.443. The highest BCUT2D eigenvalue weighted by molar-refractivity contribution is 14.1. The van der Waals surface area contributed by atoms with Crippen LogP contribution in [0.1, 0.15) is 24.2 Å². The molecule has 0 aromatic heterocycles. The average molecular weight is 560 g/mol. The topological polar surface area (TPSA) is 97.4 Å². The Hall–Kier alpha value is -3.08. The predicted molar refractivity (Wildman–Crippen MR) is 134 cm³/mol. The minimum Gasteiger partial charge on any atom is -0.460 e. The van der Waals surface area contributed by atoms with Crippen molar-refractivity contribution in [1.82, 2.24) is 4.90 Å². The van der Waals surface area contributed by atoms with E-state index >= 15 is 0 Å². The monoisotopic (exact) mass is 560 g/mol. The van der Waals surface area contributed by atoms with E-state index in [9.17, 15) is 14.9 Å². The standard InChI is InChI=1S/C24H25IN4O4/c1-3-28(14-15-33-24(30)18-4-6-19(25)7-5-18)22-12-13-23(17(2)16-22)27-26-20-8-10-21(11-9-20)29(31)32/h4-13,16-17,23H,3,14-15H2,1-2H3. The quantitative estimate of drug-likeness (QED) is 0.125. The largest absolute Gasteiger partial charge is 0.460 e. The van der Waals surface area contributed by atoms with Crippen LogP contribution in [-0.2, 0) is 4.74 Å². The van der Waals surface area contributed by atoms with Gasteiger partial charge in [0.15, 0.2) is 0 Å². The van der Waals surface area contributed by atoms with Crippen LogP contribution in [0.3, 0.4) is 0 Å². The van der Waals surface area contributed by atoms with Gasteiger partial charge in [-0.25, -0.2) is 4.79 Å². The molecule has 0 radical (unpaired) electrons. The van der Waals surface area contributed by atoms with Crippen LogP contribution < -0.4 is 0 Å². The molecular formula is C24H25IN4O4. The Morgan fingerprint density at radius 2 is 1.88 bits per heavy atom. The van der Waals surface area contributed by atoms with Gasteiger partial charge in [-0.15, -0.1) is 0 Å². The summed E-state index contributed by atoms with van der Waals surface area (Å²) in [5.41, 5.74) is 2.19. The molecule has 0 bridgehead atoms. The summed E-state index contributed by atoms with van der Waals surface area (Å²) in [7, 11) is 0. The van der Waals surface area contributed by atoms with Crippen molar-refractivity contribution in [3.8, 4) is 0 Å². The van der Waals surface area contributed by atoms with Crippen LogP contribution in [0.5, 0.6) is 0 Å². The number of benzene rings is 2. The second kappa shape index (κ2) is 11.7. The number of nitro groups is 1. The van der Waals surface area contributed by atoms with Crippen molar-refractivity contribution < 1.29 is 14.5 Å². The van der Waals surface area contributed by atoms with E-state index in [4.69, 9.17) is 4.74 Å². The molecule has 0 heterocycles. The van der Waals surface area contributed by atoms with Gasteiger partial charge in [-0.1, -0.05) is 19.1 Å². The summed E-state index contributed by atoms with van der Waals surface area (Å²) in [6, 6.07) is 13.2. The molecule has 0 aliphatic heterocycles. The fourth-order valence-electron chi connectivity index (χ4n) is 3.31. The Kier molecular flexibility index (Phi) is 8.70. The van der Waals surface area contributed by atoms with Gasteiger partial charge in [-0.2, -0.15) is 10.2 Å². The summed E-state index contributed by atoms with van der Waals surface area (Å²) >= 11 is 2.19. The second-order valence-electron chi connectivity index (χ2n) is 7.51. The Labute approximate surface area is 206 Å². The van der Waals surface area contributed by atoms with Crippen molar-refractivity contribution in [2.45, 2.75) is 19.9 Å². The highest BCUT2D eigenvalue weighted by Crippen LogP contribution is 2.24. The molecule has 0 amide bonds. The van der Waals surface area contributed by atoms with E-state index in [1.165, 1.54) is 12.1 Å². The van der Waals surface area contributed by atoms with Gasteiger partial charge in [0.1, 0.15) is 6.61 Å². The van der Waals surface area contributed by atoms with E-state index in [1.807, 2.05) is 24.3 Å². The number of ether oxygens (including phenoxy) is 1. The third kappa shape index (κ3) is 6.95. The van der Waals surface area contributed by atoms with Gasteiger partial charge in [0, 0.05) is 33.9 Å². The van der Waals surface area contributed by atoms with Crippen molar-refractivity contribution in [2.24, 2.45) is 16.1 Å². The van der Waals surface area contributed by atoms with Crippen LogP contribution in [0.2, 0.25) is 0 Å². The molecule has 2 aromatic rings. The van der Waals surface area contributed by atoms with Crippen molar-refractivity contribution in [3.05, 3.63) is 91.7 Å². The molecule has 2 aromatic carbocycles. The molecule has 9 heteroatoms. The summed E-state index contributed by atoms with van der Waals surface area (Å²) in [6.07, 6.45) is 6.13. The molecule has 3 rings (SSSR count). The van der Waals surface area contributed by atoms with Gasteiger partial charge in [-0.05, 0) is 72.0 Å². The lowest BCUT2D eigenvalue weighted by Crippen LogP contribution is -2.29. The van der Waals surface area contributed by atoms with Gasteiger partial charge in [0.25, 0.3) is 5.69 Å². The number of azo groups is 1. The molecule has 33 heavy (non-hydrogen) atoms. The first-order valence-electron chi connectivity index (χ1n) is 10.6. The number of halogens is 1. The van der Waals surface area contributed by atoms with E-state index < -0.39 is 4.92 Å². The van der Waals surface area contributed by atoms with Gasteiger partial charge >= 0.3 is 5.97 Å². The molecule has 0 spiro atoms. The maximum absolute atomic E-state index is 12.2. The lowest BCUT2D eigenvalue weighted by Gasteiger charge is -2.28. The van der Waals surface area contributed by atoms with E-state index in [-0.39, 0.29) is 23.6 Å². The predicted octanol–water partition coefficient (Wildman–Crippen LogP) is 5.92. The average Bonchev–Trinajstić information content (AvgIpc) is 2.81. The first kappa shape index (κ1) is 24.6. The third-order valence-corrected chi connectivity index (χ3v) is 5.94. The number of non-ortho nitro benzene ring substituents is 1. The summed E-state index contributed by atoms with van der Waals surface area (Å²) in [5.74, 6) is -0.203. The number of allylic oxidation sites excluding steroid dienone is 1. The zero-order valence-corrected chi connectivity index (χ0v) is 20.6. The third-order valence-electron chi connectivity index (χ3n) is 5.22. The van der Waals surface area contributed by atoms with Gasteiger partial charge in [0.05, 0.1) is 28.8 Å². The first-order valence-corrected chi connectivity index (χ1v) is 11.7. The maximum atomic E-state index is 12.2. The molecular weight excluding hydrogens is 535 g/mol. The van der Waals surface area contributed by atoms with Gasteiger partial charge in [-0.3, -0.25) is 10.1 Å². The first-order chi connectivity index (χ1) is 15.9. The number of nitro benzene ring substituents is 1. The van der Waals surface area contributed by atoms with Crippen molar-refractivity contribution >= 4 is 39.9 Å². The summed E-state index contributed by atoms with van der Waals surface area (Å²) in [5, 5.41) is 19.4. The lowest BCUT2D eigenvalue weighted by molar-refractivity contribution is -0.384. The van der Waals surface area contributed by atoms with Crippen molar-refractivity contribution in [2.75, 3.05) is 19.7 Å². The molecule has 0 saturated heterocycles. The van der Waals surface area contributed by atoms with E-state index in [0.717, 1.165) is 15.8 Å². The number of carbonyl (C=O) groups is 1. The number of esters is 1. The van der Waals surface area contributed by atoms with E-state index in [1.54, 1.807) is 24.3 Å². The zero-order chi connectivity index (χ0) is 23.8. The van der Waals surface area contributed by atoms with Gasteiger partial charge in [0.2, 0.25) is 0 Å². The number of nitrogens with zero attached hydrogens (tertiary/aromatic N) is 4. The number of hydrogen-bond acceptors (Lipinski definition) is 7. The Morgan fingerprint density at radius 3 is 2.48 bits per heavy atom. The molecule has 0 saturated carbocycles. The van der Waals surface area contributed by atoms with Crippen molar-refractivity contribution in [3.63, 3.8) is 0 Å². The van der Waals surface area contributed by atoms with Crippen molar-refractivity contribution in [1.29, 1.82) is 0 Å². The Bertz CT molecular complexity index is 1060. The molecule has 0 fully saturated rings. The Balaban J connectivity index is 1.53. The summed E-state index contributed by atoms with van der Waals surface area (Å²) in [6.45, 7) is 5.78. The second-order valence-corrected chi connectivity index (χ2v) is 8.76. The summed E-state index contributed by atoms with van der Waals surface area (Å²) in [4.78, 5) is 24.7. The fourth-order valence-corrected chi connectivity index (χ4v) is 3.67. The van der Waals surface area contributed by atoms with Crippen LogP contribution in [0.15, 0.2) is 82.7 Å². The molecule has 1 aliphatic carbocycles. The van der Waals surface area contributed by atoms with Crippen LogP contribution in [0, 0.1) is 19.6 Å². The normalized spacial score (nSPS) is 17.6. The zero-order valence-electron chi connectivity index (χ0n) is 18.4. The lowest BCUT2D eigenvalue weighted by atomic mass is 9.96. The molecule has 8 nitrogen and oxygen atoms in total. The molecule has 2 atom stereocenters. The van der Waals surface area contributed by atoms with Crippen LogP contribution in [-0.4, -0.2) is 41.5 Å². The summed E-state index contributed by atoms with van der Waals surface area (Å²) < 4.78 is 6.51. The maximum Gasteiger partial charge on any atom is 0.338 e. The molecule has 2 unspecified atom stereocenters. The van der Waals surface area contributed by atoms with Crippen LogP contribution >= 0.6 is 22.6 Å². The highest BCUT2D eigenvalue weighted by atomic mass is 127. The Morgan fingerprint density at radius 1 is 1.18 bits per heavy atom. The minimum absolute atomic E-state index is 0.0244.